The zero-order chi connectivity index (χ0) is 14.7. The average molecular weight is 286 g/mol. The predicted molar refractivity (Wildman–Crippen MR) is 69.6 cm³/mol. The largest absolute Gasteiger partial charge is 0.459 e. The van der Waals surface area contributed by atoms with Gasteiger partial charge in [-0.3, -0.25) is 9.59 Å². The molecule has 2 amide bonds. The van der Waals surface area contributed by atoms with Crippen molar-refractivity contribution in [3.8, 4) is 0 Å². The maximum Gasteiger partial charge on any atom is 0.287 e. The van der Waals surface area contributed by atoms with Gasteiger partial charge in [-0.2, -0.15) is 4.98 Å². The van der Waals surface area contributed by atoms with E-state index in [4.69, 9.17) is 8.94 Å². The summed E-state index contributed by atoms with van der Waals surface area (Å²) in [5.41, 5.74) is 0. The molecule has 0 radical (unpaired) electrons. The van der Waals surface area contributed by atoms with Crippen LogP contribution < -0.4 is 5.32 Å². The van der Waals surface area contributed by atoms with Crippen molar-refractivity contribution in [3.05, 3.63) is 48.0 Å². The van der Waals surface area contributed by atoms with Gasteiger partial charge in [0.05, 0.1) is 12.8 Å². The Labute approximate surface area is 118 Å². The lowest BCUT2D eigenvalue weighted by Gasteiger charge is -2.04. The molecule has 0 bridgehead atoms. The van der Waals surface area contributed by atoms with Crippen molar-refractivity contribution in [2.75, 3.05) is 0 Å². The van der Waals surface area contributed by atoms with Gasteiger partial charge >= 0.3 is 0 Å². The van der Waals surface area contributed by atoms with Gasteiger partial charge in [0.1, 0.15) is 5.92 Å². The van der Waals surface area contributed by atoms with Crippen LogP contribution in [0.15, 0.2) is 44.5 Å². The van der Waals surface area contributed by atoms with Crippen molar-refractivity contribution in [1.29, 1.82) is 0 Å². The molecular weight excluding hydrogens is 276 g/mol. The number of furan rings is 1. The topological polar surface area (TPSA) is 111 Å². The third kappa shape index (κ3) is 2.78. The van der Waals surface area contributed by atoms with E-state index in [1.165, 1.54) is 18.5 Å². The molecule has 21 heavy (non-hydrogen) atoms. The molecule has 0 saturated heterocycles. The number of aliphatic imine (C=N–C) groups is 1. The summed E-state index contributed by atoms with van der Waals surface area (Å²) in [5.74, 6) is -0.791. The first-order chi connectivity index (χ1) is 10.2. The van der Waals surface area contributed by atoms with Crippen molar-refractivity contribution >= 4 is 18.0 Å². The van der Waals surface area contributed by atoms with Gasteiger partial charge in [0.2, 0.25) is 5.89 Å². The second-order valence-electron chi connectivity index (χ2n) is 4.19. The molecule has 0 aromatic carbocycles. The van der Waals surface area contributed by atoms with Crippen LogP contribution in [0.25, 0.3) is 0 Å². The highest BCUT2D eigenvalue weighted by atomic mass is 16.5. The van der Waals surface area contributed by atoms with E-state index in [9.17, 15) is 9.59 Å². The first-order valence-electron chi connectivity index (χ1n) is 6.13. The first-order valence-corrected chi connectivity index (χ1v) is 6.13. The highest BCUT2D eigenvalue weighted by Crippen LogP contribution is 2.17. The Bertz CT molecular complexity index is 714. The molecule has 0 fully saturated rings. The van der Waals surface area contributed by atoms with E-state index in [2.05, 4.69) is 20.4 Å². The number of allylic oxidation sites excluding steroid dienone is 1. The number of dihydropyridines is 1. The van der Waals surface area contributed by atoms with E-state index >= 15 is 0 Å². The van der Waals surface area contributed by atoms with Gasteiger partial charge in [-0.1, -0.05) is 11.2 Å². The summed E-state index contributed by atoms with van der Waals surface area (Å²) in [7, 11) is 0. The van der Waals surface area contributed by atoms with Gasteiger partial charge in [-0.05, 0) is 18.2 Å². The molecule has 2 aromatic heterocycles. The molecule has 1 unspecified atom stereocenters. The number of aromatic nitrogens is 2. The normalized spacial score (nSPS) is 17.1. The standard InChI is InChI=1S/C13H10N4O4/c18-12-8(3-1-5-14-12)11-16-10(21-17-11)7-15-13(19)9-4-2-6-20-9/h1-6,8H,7H2,(H,15,19). The van der Waals surface area contributed by atoms with E-state index in [-0.39, 0.29) is 29.9 Å². The zero-order valence-corrected chi connectivity index (χ0v) is 10.7. The fraction of sp³-hybridized carbons (Fsp3) is 0.154. The van der Waals surface area contributed by atoms with Crippen molar-refractivity contribution in [1.82, 2.24) is 15.5 Å². The van der Waals surface area contributed by atoms with Gasteiger partial charge in [0.25, 0.3) is 11.8 Å². The number of nitrogens with one attached hydrogen (secondary N) is 1. The van der Waals surface area contributed by atoms with Crippen molar-refractivity contribution in [2.45, 2.75) is 12.5 Å². The smallest absolute Gasteiger partial charge is 0.287 e. The molecule has 1 N–H and O–H groups in total. The number of hydrogen-bond acceptors (Lipinski definition) is 6. The maximum atomic E-state index is 11.7. The van der Waals surface area contributed by atoms with Crippen LogP contribution in [0.2, 0.25) is 0 Å². The van der Waals surface area contributed by atoms with Crippen LogP contribution in [0.1, 0.15) is 28.2 Å². The van der Waals surface area contributed by atoms with Crippen LogP contribution in [0, 0.1) is 0 Å². The molecule has 1 aliphatic heterocycles. The van der Waals surface area contributed by atoms with Crippen molar-refractivity contribution < 1.29 is 18.5 Å². The summed E-state index contributed by atoms with van der Waals surface area (Å²) in [6.45, 7) is 0.0421. The Balaban J connectivity index is 1.63. The average Bonchev–Trinajstić information content (AvgIpc) is 3.17. The van der Waals surface area contributed by atoms with Crippen LogP contribution in [0.5, 0.6) is 0 Å². The Hall–Kier alpha value is -3.03. The van der Waals surface area contributed by atoms with Gasteiger partial charge in [-0.25, -0.2) is 4.99 Å². The van der Waals surface area contributed by atoms with Crippen LogP contribution in [0.4, 0.5) is 0 Å². The van der Waals surface area contributed by atoms with Gasteiger partial charge in [-0.15, -0.1) is 0 Å². The highest BCUT2D eigenvalue weighted by molar-refractivity contribution is 5.96. The molecule has 8 heteroatoms. The SMILES string of the molecule is O=C(NCc1nc(C2C=CC=NC2=O)no1)c1ccco1. The quantitative estimate of drug-likeness (QED) is 0.891. The monoisotopic (exact) mass is 286 g/mol. The second-order valence-corrected chi connectivity index (χ2v) is 4.19. The fourth-order valence-corrected chi connectivity index (χ4v) is 1.75. The third-order valence-electron chi connectivity index (χ3n) is 2.76. The van der Waals surface area contributed by atoms with Gasteiger partial charge < -0.3 is 14.3 Å². The molecule has 106 valence electrons. The van der Waals surface area contributed by atoms with Crippen molar-refractivity contribution in [2.24, 2.45) is 4.99 Å². The minimum absolute atomic E-state index is 0.0421. The van der Waals surface area contributed by atoms with Crippen LogP contribution in [0.3, 0.4) is 0 Å². The van der Waals surface area contributed by atoms with Crippen molar-refractivity contribution in [3.63, 3.8) is 0 Å². The minimum Gasteiger partial charge on any atom is -0.459 e. The summed E-state index contributed by atoms with van der Waals surface area (Å²) in [6, 6.07) is 3.15. The van der Waals surface area contributed by atoms with E-state index in [0.717, 1.165) is 0 Å². The fourth-order valence-electron chi connectivity index (χ4n) is 1.75. The van der Waals surface area contributed by atoms with E-state index in [1.54, 1.807) is 18.2 Å². The Morgan fingerprint density at radius 2 is 2.33 bits per heavy atom. The summed E-state index contributed by atoms with van der Waals surface area (Å²) in [5, 5.41) is 6.29. The first kappa shape index (κ1) is 13.0. The molecule has 0 saturated carbocycles. The van der Waals surface area contributed by atoms with Crippen LogP contribution >= 0.6 is 0 Å². The van der Waals surface area contributed by atoms with E-state index < -0.39 is 11.8 Å². The van der Waals surface area contributed by atoms with Crippen LogP contribution in [-0.4, -0.2) is 28.2 Å². The predicted octanol–water partition coefficient (Wildman–Crippen LogP) is 0.843. The summed E-state index contributed by atoms with van der Waals surface area (Å²) < 4.78 is 9.94. The Morgan fingerprint density at radius 1 is 1.43 bits per heavy atom. The number of amides is 2. The van der Waals surface area contributed by atoms with Crippen LogP contribution in [-0.2, 0) is 11.3 Å². The lowest BCUT2D eigenvalue weighted by atomic mass is 10.1. The number of carbonyl (C=O) groups excluding carboxylic acids is 2. The third-order valence-corrected chi connectivity index (χ3v) is 2.76. The van der Waals surface area contributed by atoms with E-state index in [0.29, 0.717) is 0 Å². The molecule has 2 aromatic rings. The lowest BCUT2D eigenvalue weighted by Crippen LogP contribution is -2.22. The molecular formula is C13H10N4O4. The number of rotatable bonds is 4. The lowest BCUT2D eigenvalue weighted by molar-refractivity contribution is -0.118. The summed E-state index contributed by atoms with van der Waals surface area (Å²) in [6.07, 6.45) is 6.08. The van der Waals surface area contributed by atoms with Gasteiger partial charge in [0, 0.05) is 6.21 Å². The van der Waals surface area contributed by atoms with E-state index in [1.807, 2.05) is 0 Å². The number of carbonyl (C=O) groups is 2. The number of hydrogen-bond donors (Lipinski definition) is 1. The molecule has 8 nitrogen and oxygen atoms in total. The van der Waals surface area contributed by atoms with Gasteiger partial charge in [0.15, 0.2) is 11.6 Å². The Kier molecular flexibility index (Phi) is 3.42. The second kappa shape index (κ2) is 5.53. The summed E-state index contributed by atoms with van der Waals surface area (Å²) in [4.78, 5) is 31.0. The molecule has 3 rings (SSSR count). The minimum atomic E-state index is -0.645. The molecule has 3 heterocycles. The molecule has 1 aliphatic rings. The number of nitrogens with zero attached hydrogens (tertiary/aromatic N) is 3. The zero-order valence-electron chi connectivity index (χ0n) is 10.7. The molecule has 0 aliphatic carbocycles. The maximum absolute atomic E-state index is 11.7. The molecule has 1 atom stereocenters. The molecule has 0 spiro atoms. The summed E-state index contributed by atoms with van der Waals surface area (Å²) >= 11 is 0. The highest BCUT2D eigenvalue weighted by Gasteiger charge is 2.24. The Morgan fingerprint density at radius 3 is 3.10 bits per heavy atom.